The van der Waals surface area contributed by atoms with Crippen molar-refractivity contribution in [1.29, 1.82) is 0 Å². The van der Waals surface area contributed by atoms with E-state index >= 15 is 0 Å². The molecule has 2 aromatic rings. The van der Waals surface area contributed by atoms with Gasteiger partial charge in [0, 0.05) is 36.7 Å². The molecule has 4 atom stereocenters. The van der Waals surface area contributed by atoms with Crippen molar-refractivity contribution in [2.24, 2.45) is 5.41 Å². The fourth-order valence-corrected chi connectivity index (χ4v) is 8.82. The minimum absolute atomic E-state index is 0.0227. The number of allylic oxidation sites excluding steroid dienone is 4. The summed E-state index contributed by atoms with van der Waals surface area (Å²) in [5.74, 6) is 2.01. The van der Waals surface area contributed by atoms with Gasteiger partial charge < -0.3 is 14.4 Å². The standard InChI is InChI=1S/C36H46N4O4S/c1-35(2,3)44-34(41)40-26-13-14-27(40)22-39(21-26)32-29-16-18-36(20-31(29)37-33(38-32)45(4)42)17-8-11-25-12-15-28(19-30(25)36)43-23-24-9-6-5-7-10-24/h5-7,9-10,19,26-27H,8,11-18,20-23H2,1-4H3/t26-,27+,36?,45?. The molecule has 5 aliphatic rings. The van der Waals surface area contributed by atoms with Gasteiger partial charge in [0.2, 0.25) is 5.16 Å². The third kappa shape index (κ3) is 6.05. The largest absolute Gasteiger partial charge is 0.493 e. The first kappa shape index (κ1) is 30.5. The number of ether oxygens (including phenoxy) is 2. The second-order valence-electron chi connectivity index (χ2n) is 14.6. The Morgan fingerprint density at radius 1 is 1.02 bits per heavy atom. The zero-order valence-electron chi connectivity index (χ0n) is 27.1. The first-order valence-electron chi connectivity index (χ1n) is 16.7. The van der Waals surface area contributed by atoms with E-state index in [1.165, 1.54) is 23.1 Å². The van der Waals surface area contributed by atoms with Crippen LogP contribution < -0.4 is 4.90 Å². The minimum atomic E-state index is -1.30. The normalized spacial score (nSPS) is 26.7. The number of aromatic nitrogens is 2. The highest BCUT2D eigenvalue weighted by atomic mass is 32.2. The summed E-state index contributed by atoms with van der Waals surface area (Å²) in [6.07, 6.45) is 14.0. The number of hydrogen-bond acceptors (Lipinski definition) is 7. The maximum Gasteiger partial charge on any atom is 0.410 e. The summed E-state index contributed by atoms with van der Waals surface area (Å²) in [5.41, 5.74) is 6.00. The van der Waals surface area contributed by atoms with Gasteiger partial charge in [-0.2, -0.15) is 0 Å². The van der Waals surface area contributed by atoms with Crippen molar-refractivity contribution in [1.82, 2.24) is 14.9 Å². The summed E-state index contributed by atoms with van der Waals surface area (Å²) in [4.78, 5) is 27.4. The number of anilines is 1. The van der Waals surface area contributed by atoms with E-state index in [-0.39, 0.29) is 23.6 Å². The topological polar surface area (TPSA) is 84.9 Å². The molecule has 2 saturated heterocycles. The first-order valence-corrected chi connectivity index (χ1v) is 18.2. The van der Waals surface area contributed by atoms with E-state index in [1.54, 1.807) is 11.8 Å². The van der Waals surface area contributed by atoms with Gasteiger partial charge in [-0.3, -0.25) is 9.11 Å². The SMILES string of the molecule is CS(=O)c1nc2c(c(N3C[C@H]4CC[C@@H](C3)N4C(=O)OC(C)(C)C)n1)CCC1(CCCC3=C1C=C(OCc1ccccc1)CC3)C2. The van der Waals surface area contributed by atoms with Gasteiger partial charge in [-0.1, -0.05) is 35.9 Å². The number of fused-ring (bicyclic) bond motifs is 4. The van der Waals surface area contributed by atoms with Gasteiger partial charge in [0.25, 0.3) is 0 Å². The lowest BCUT2D eigenvalue weighted by atomic mass is 9.60. The van der Waals surface area contributed by atoms with E-state index in [0.29, 0.717) is 24.9 Å². The molecule has 1 aromatic carbocycles. The first-order chi connectivity index (χ1) is 21.6. The molecule has 45 heavy (non-hydrogen) atoms. The molecule has 1 aromatic heterocycles. The Morgan fingerprint density at radius 2 is 1.78 bits per heavy atom. The van der Waals surface area contributed by atoms with Gasteiger partial charge in [-0.25, -0.2) is 14.8 Å². The summed E-state index contributed by atoms with van der Waals surface area (Å²) >= 11 is 0. The molecule has 9 heteroatoms. The predicted octanol–water partition coefficient (Wildman–Crippen LogP) is 6.65. The maximum absolute atomic E-state index is 13.1. The lowest BCUT2D eigenvalue weighted by Crippen LogP contribution is -2.57. The smallest absolute Gasteiger partial charge is 0.410 e. The Hall–Kier alpha value is -3.20. The quantitative estimate of drug-likeness (QED) is 0.342. The van der Waals surface area contributed by atoms with Gasteiger partial charge >= 0.3 is 6.09 Å². The van der Waals surface area contributed by atoms with Crippen molar-refractivity contribution >= 4 is 22.7 Å². The van der Waals surface area contributed by atoms with Crippen LogP contribution in [0.4, 0.5) is 10.6 Å². The molecule has 0 N–H and O–H groups in total. The zero-order valence-corrected chi connectivity index (χ0v) is 28.0. The summed E-state index contributed by atoms with van der Waals surface area (Å²) in [5, 5.41) is 0.416. The minimum Gasteiger partial charge on any atom is -0.493 e. The molecule has 3 heterocycles. The molecule has 3 aliphatic carbocycles. The number of carbonyl (C=O) groups is 1. The maximum atomic E-state index is 13.1. The molecule has 0 radical (unpaired) electrons. The number of hydrogen-bond donors (Lipinski definition) is 0. The van der Waals surface area contributed by atoms with Crippen LogP contribution in [0.5, 0.6) is 0 Å². The average molecular weight is 631 g/mol. The van der Waals surface area contributed by atoms with Gasteiger partial charge in [0.1, 0.15) is 18.0 Å². The summed E-state index contributed by atoms with van der Waals surface area (Å²) < 4.78 is 25.0. The van der Waals surface area contributed by atoms with Crippen LogP contribution in [0.25, 0.3) is 0 Å². The highest BCUT2D eigenvalue weighted by Gasteiger charge is 2.47. The molecule has 2 unspecified atom stereocenters. The Balaban J connectivity index is 1.16. The van der Waals surface area contributed by atoms with Crippen molar-refractivity contribution in [3.63, 3.8) is 0 Å². The van der Waals surface area contributed by atoms with Crippen molar-refractivity contribution < 1.29 is 18.5 Å². The molecular formula is C36H46N4O4S. The van der Waals surface area contributed by atoms with Crippen molar-refractivity contribution in [2.75, 3.05) is 24.2 Å². The number of carbonyl (C=O) groups excluding carboxylic acids is 1. The lowest BCUT2D eigenvalue weighted by molar-refractivity contribution is 0.0122. The number of rotatable bonds is 5. The van der Waals surface area contributed by atoms with Gasteiger partial charge in [-0.05, 0) is 95.8 Å². The third-order valence-corrected chi connectivity index (χ3v) is 11.1. The van der Waals surface area contributed by atoms with E-state index in [0.717, 1.165) is 75.1 Å². The van der Waals surface area contributed by atoms with Crippen LogP contribution >= 0.6 is 0 Å². The van der Waals surface area contributed by atoms with E-state index in [9.17, 15) is 9.00 Å². The van der Waals surface area contributed by atoms with Crippen molar-refractivity contribution in [2.45, 2.75) is 114 Å². The Kier molecular flexibility index (Phi) is 8.03. The number of nitrogens with zero attached hydrogens (tertiary/aromatic N) is 4. The Bertz CT molecular complexity index is 1550. The van der Waals surface area contributed by atoms with Crippen LogP contribution in [-0.2, 0) is 39.7 Å². The predicted molar refractivity (Wildman–Crippen MR) is 175 cm³/mol. The molecule has 2 aliphatic heterocycles. The second kappa shape index (κ2) is 11.9. The van der Waals surface area contributed by atoms with E-state index in [1.807, 2.05) is 31.7 Å². The molecule has 1 amide bonds. The van der Waals surface area contributed by atoms with Crippen LogP contribution in [0.1, 0.15) is 89.0 Å². The third-order valence-electron chi connectivity index (χ3n) is 10.4. The molecule has 240 valence electrons. The number of amides is 1. The van der Waals surface area contributed by atoms with Gasteiger partial charge in [0.05, 0.1) is 34.3 Å². The number of benzene rings is 1. The van der Waals surface area contributed by atoms with E-state index < -0.39 is 16.4 Å². The fraction of sp³-hybridized carbons (Fsp3) is 0.583. The van der Waals surface area contributed by atoms with Crippen molar-refractivity contribution in [3.8, 4) is 0 Å². The monoisotopic (exact) mass is 630 g/mol. The summed E-state index contributed by atoms with van der Waals surface area (Å²) in [6.45, 7) is 7.77. The number of piperazine rings is 1. The Labute approximate surface area is 269 Å². The molecule has 2 bridgehead atoms. The highest BCUT2D eigenvalue weighted by molar-refractivity contribution is 7.84. The fourth-order valence-electron chi connectivity index (χ4n) is 8.36. The molecular weight excluding hydrogens is 584 g/mol. The summed E-state index contributed by atoms with van der Waals surface area (Å²) in [7, 11) is -1.30. The Morgan fingerprint density at radius 3 is 2.49 bits per heavy atom. The van der Waals surface area contributed by atoms with Gasteiger partial charge in [-0.15, -0.1) is 0 Å². The zero-order chi connectivity index (χ0) is 31.3. The van der Waals surface area contributed by atoms with Crippen LogP contribution in [-0.4, -0.2) is 62.2 Å². The average Bonchev–Trinajstić information content (AvgIpc) is 3.28. The molecule has 0 saturated carbocycles. The molecule has 7 rings (SSSR count). The van der Waals surface area contributed by atoms with Crippen LogP contribution in [0.2, 0.25) is 0 Å². The van der Waals surface area contributed by atoms with Crippen LogP contribution in [0, 0.1) is 5.41 Å². The van der Waals surface area contributed by atoms with E-state index in [4.69, 9.17) is 19.4 Å². The van der Waals surface area contributed by atoms with Gasteiger partial charge in [0.15, 0.2) is 0 Å². The highest BCUT2D eigenvalue weighted by Crippen LogP contribution is 2.53. The lowest BCUT2D eigenvalue weighted by Gasteiger charge is -2.46. The molecule has 1 spiro atoms. The van der Waals surface area contributed by atoms with E-state index in [2.05, 4.69) is 35.2 Å². The van der Waals surface area contributed by atoms with Crippen LogP contribution in [0.3, 0.4) is 0 Å². The molecule has 2 fully saturated rings. The summed E-state index contributed by atoms with van der Waals surface area (Å²) in [6, 6.07) is 10.6. The van der Waals surface area contributed by atoms with Crippen molar-refractivity contribution in [3.05, 3.63) is 70.1 Å². The second-order valence-corrected chi connectivity index (χ2v) is 15.9. The molecule has 8 nitrogen and oxygen atoms in total. The van der Waals surface area contributed by atoms with Crippen LogP contribution in [0.15, 0.2) is 58.5 Å².